The molecule has 186 valence electrons. The molecule has 3 aromatic carbocycles. The molecule has 35 heavy (non-hydrogen) atoms. The number of para-hydroxylation sites is 1. The van der Waals surface area contributed by atoms with Gasteiger partial charge >= 0.3 is 0 Å². The summed E-state index contributed by atoms with van der Waals surface area (Å²) in [7, 11) is -3.65. The second-order valence-corrected chi connectivity index (χ2v) is 10.3. The Kier molecular flexibility index (Phi) is 9.14. The van der Waals surface area contributed by atoms with Gasteiger partial charge in [0.25, 0.3) is 0 Å². The minimum Gasteiger partial charge on any atom is -0.491 e. The lowest BCUT2D eigenvalue weighted by Gasteiger charge is -2.22. The van der Waals surface area contributed by atoms with E-state index in [0.717, 1.165) is 34.7 Å². The normalized spacial score (nSPS) is 11.2. The van der Waals surface area contributed by atoms with Crippen molar-refractivity contribution in [1.29, 1.82) is 0 Å². The van der Waals surface area contributed by atoms with E-state index in [-0.39, 0.29) is 18.6 Å². The summed E-state index contributed by atoms with van der Waals surface area (Å²) in [5.41, 5.74) is 1.54. The molecule has 0 aliphatic heterocycles. The number of nitrogens with zero attached hydrogens (tertiary/aromatic N) is 1. The van der Waals surface area contributed by atoms with Gasteiger partial charge in [-0.2, -0.15) is 0 Å². The highest BCUT2D eigenvalue weighted by Gasteiger charge is 2.20. The monoisotopic (exact) mass is 496 g/mol. The molecule has 0 aromatic heterocycles. The van der Waals surface area contributed by atoms with Crippen LogP contribution in [0.3, 0.4) is 0 Å². The highest BCUT2D eigenvalue weighted by Crippen LogP contribution is 2.25. The molecule has 0 aliphatic carbocycles. The molecule has 3 rings (SSSR count). The molecule has 1 N–H and O–H groups in total. The topological polar surface area (TPSA) is 84.9 Å². The Morgan fingerprint density at radius 3 is 2.09 bits per heavy atom. The van der Waals surface area contributed by atoms with E-state index in [1.807, 2.05) is 68.4 Å². The van der Waals surface area contributed by atoms with E-state index >= 15 is 0 Å². The van der Waals surface area contributed by atoms with Crippen LogP contribution in [0.4, 0.5) is 5.69 Å². The molecule has 3 aromatic rings. The highest BCUT2D eigenvalue weighted by atomic mass is 32.2. The third-order valence-electron chi connectivity index (χ3n) is 5.05. The number of benzene rings is 3. The van der Waals surface area contributed by atoms with Crippen molar-refractivity contribution >= 4 is 21.6 Å². The summed E-state index contributed by atoms with van der Waals surface area (Å²) < 4.78 is 37.2. The highest BCUT2D eigenvalue weighted by molar-refractivity contribution is 7.92. The number of sulfonamides is 1. The Balaban J connectivity index is 1.50. The summed E-state index contributed by atoms with van der Waals surface area (Å²) in [6, 6.07) is 23.8. The number of amides is 1. The Bertz CT molecular complexity index is 1180. The number of ether oxygens (including phenoxy) is 2. The van der Waals surface area contributed by atoms with Gasteiger partial charge in [-0.05, 0) is 80.8 Å². The number of carbonyl (C=O) groups is 1. The van der Waals surface area contributed by atoms with Gasteiger partial charge < -0.3 is 14.8 Å². The van der Waals surface area contributed by atoms with Crippen LogP contribution in [-0.2, 0) is 21.2 Å². The lowest BCUT2D eigenvalue weighted by molar-refractivity contribution is -0.119. The Labute approximate surface area is 207 Å². The third-order valence-corrected chi connectivity index (χ3v) is 6.19. The molecule has 0 unspecified atom stereocenters. The number of anilines is 1. The molecular weight excluding hydrogens is 464 g/mol. The molecule has 1 amide bonds. The van der Waals surface area contributed by atoms with E-state index in [0.29, 0.717) is 23.7 Å². The fraction of sp³-hybridized carbons (Fsp3) is 0.296. The second kappa shape index (κ2) is 12.3. The maximum absolute atomic E-state index is 12.5. The van der Waals surface area contributed by atoms with Crippen LogP contribution >= 0.6 is 0 Å². The molecular formula is C27H32N2O5S. The third kappa shape index (κ3) is 8.64. The van der Waals surface area contributed by atoms with Gasteiger partial charge in [0.1, 0.15) is 23.8 Å². The average Bonchev–Trinajstić information content (AvgIpc) is 2.82. The van der Waals surface area contributed by atoms with Crippen molar-refractivity contribution in [2.75, 3.05) is 23.7 Å². The van der Waals surface area contributed by atoms with Gasteiger partial charge in [-0.25, -0.2) is 8.42 Å². The predicted octanol–water partition coefficient (Wildman–Crippen LogP) is 4.78. The van der Waals surface area contributed by atoms with Crippen molar-refractivity contribution < 1.29 is 22.7 Å². The van der Waals surface area contributed by atoms with Gasteiger partial charge in [0.15, 0.2) is 0 Å². The number of hydrogen-bond donors (Lipinski definition) is 1. The molecule has 0 aliphatic rings. The van der Waals surface area contributed by atoms with Crippen LogP contribution in [0.15, 0.2) is 78.9 Å². The van der Waals surface area contributed by atoms with Crippen molar-refractivity contribution in [1.82, 2.24) is 5.32 Å². The second-order valence-electron chi connectivity index (χ2n) is 8.44. The molecule has 0 saturated carbocycles. The van der Waals surface area contributed by atoms with Crippen LogP contribution in [0.1, 0.15) is 25.8 Å². The molecule has 0 fully saturated rings. The molecule has 0 spiro atoms. The van der Waals surface area contributed by atoms with E-state index < -0.39 is 10.0 Å². The molecule has 0 atom stereocenters. The molecule has 7 nitrogen and oxygen atoms in total. The first-order valence-corrected chi connectivity index (χ1v) is 13.4. The quantitative estimate of drug-likeness (QED) is 0.365. The van der Waals surface area contributed by atoms with Gasteiger partial charge in [0, 0.05) is 6.54 Å². The van der Waals surface area contributed by atoms with Crippen molar-refractivity contribution in [2.45, 2.75) is 32.8 Å². The zero-order chi connectivity index (χ0) is 25.3. The SMILES string of the molecule is CC(C)Oc1ccc(CCCNC(=O)CN(c2ccc(Oc3ccccc3)cc2)S(C)(=O)=O)cc1. The number of carbonyl (C=O) groups excluding carboxylic acids is 1. The average molecular weight is 497 g/mol. The minimum atomic E-state index is -3.65. The van der Waals surface area contributed by atoms with E-state index in [2.05, 4.69) is 5.32 Å². The van der Waals surface area contributed by atoms with Gasteiger partial charge in [0.2, 0.25) is 15.9 Å². The van der Waals surface area contributed by atoms with Crippen LogP contribution in [0.5, 0.6) is 17.2 Å². The number of hydrogen-bond acceptors (Lipinski definition) is 5. The first kappa shape index (κ1) is 26.1. The van der Waals surface area contributed by atoms with Crippen LogP contribution in [0.25, 0.3) is 0 Å². The standard InChI is InChI=1S/C27H32N2O5S/c1-21(2)33-25-15-11-22(12-16-25)8-7-19-28-27(30)20-29(35(3,31)32)23-13-17-26(18-14-23)34-24-9-5-4-6-10-24/h4-6,9-18,21H,7-8,19-20H2,1-3H3,(H,28,30). The largest absolute Gasteiger partial charge is 0.491 e. The first-order valence-electron chi connectivity index (χ1n) is 11.5. The lowest BCUT2D eigenvalue weighted by Crippen LogP contribution is -2.40. The number of rotatable bonds is 12. The first-order chi connectivity index (χ1) is 16.7. The van der Waals surface area contributed by atoms with E-state index in [1.54, 1.807) is 24.3 Å². The fourth-order valence-electron chi connectivity index (χ4n) is 3.42. The van der Waals surface area contributed by atoms with Gasteiger partial charge in [-0.15, -0.1) is 0 Å². The van der Waals surface area contributed by atoms with Crippen molar-refractivity contribution in [3.63, 3.8) is 0 Å². The van der Waals surface area contributed by atoms with Crippen molar-refractivity contribution in [3.05, 3.63) is 84.4 Å². The van der Waals surface area contributed by atoms with Crippen LogP contribution in [-0.4, -0.2) is 39.8 Å². The van der Waals surface area contributed by atoms with Crippen LogP contribution < -0.4 is 19.1 Å². The summed E-state index contributed by atoms with van der Waals surface area (Å²) in [6.07, 6.45) is 2.74. The van der Waals surface area contributed by atoms with Crippen molar-refractivity contribution in [2.24, 2.45) is 0 Å². The maximum Gasteiger partial charge on any atom is 0.240 e. The summed E-state index contributed by atoms with van der Waals surface area (Å²) in [5.74, 6) is 1.72. The van der Waals surface area contributed by atoms with Gasteiger partial charge in [0.05, 0.1) is 18.0 Å². The fourth-order valence-corrected chi connectivity index (χ4v) is 4.28. The van der Waals surface area contributed by atoms with Gasteiger partial charge in [-0.1, -0.05) is 30.3 Å². The molecule has 0 saturated heterocycles. The molecule has 0 radical (unpaired) electrons. The number of aryl methyl sites for hydroxylation is 1. The predicted molar refractivity (Wildman–Crippen MR) is 139 cm³/mol. The van der Waals surface area contributed by atoms with Crippen LogP contribution in [0.2, 0.25) is 0 Å². The smallest absolute Gasteiger partial charge is 0.240 e. The Morgan fingerprint density at radius 1 is 0.886 bits per heavy atom. The summed E-state index contributed by atoms with van der Waals surface area (Å²) in [6.45, 7) is 4.12. The van der Waals surface area contributed by atoms with E-state index in [9.17, 15) is 13.2 Å². The Morgan fingerprint density at radius 2 is 1.49 bits per heavy atom. The zero-order valence-electron chi connectivity index (χ0n) is 20.3. The van der Waals surface area contributed by atoms with Crippen molar-refractivity contribution in [3.8, 4) is 17.2 Å². The van der Waals surface area contributed by atoms with Crippen LogP contribution in [0, 0.1) is 0 Å². The zero-order valence-corrected chi connectivity index (χ0v) is 21.1. The van der Waals surface area contributed by atoms with Gasteiger partial charge in [-0.3, -0.25) is 9.10 Å². The van der Waals surface area contributed by atoms with E-state index in [1.165, 1.54) is 0 Å². The summed E-state index contributed by atoms with van der Waals surface area (Å²) >= 11 is 0. The molecule has 8 heteroatoms. The lowest BCUT2D eigenvalue weighted by atomic mass is 10.1. The summed E-state index contributed by atoms with van der Waals surface area (Å²) in [4.78, 5) is 12.5. The number of nitrogens with one attached hydrogen (secondary N) is 1. The van der Waals surface area contributed by atoms with E-state index in [4.69, 9.17) is 9.47 Å². The maximum atomic E-state index is 12.5. The molecule has 0 bridgehead atoms. The molecule has 0 heterocycles. The Hall–Kier alpha value is -3.52. The minimum absolute atomic E-state index is 0.128. The summed E-state index contributed by atoms with van der Waals surface area (Å²) in [5, 5.41) is 2.81.